The Bertz CT molecular complexity index is 1470. The van der Waals surface area contributed by atoms with Crippen LogP contribution in [0.2, 0.25) is 0 Å². The number of benzene rings is 3. The van der Waals surface area contributed by atoms with Crippen molar-refractivity contribution in [2.24, 2.45) is 0 Å². The summed E-state index contributed by atoms with van der Waals surface area (Å²) < 4.78 is 53.7. The van der Waals surface area contributed by atoms with E-state index in [1.54, 1.807) is 24.3 Å². The lowest BCUT2D eigenvalue weighted by atomic mass is 9.88. The summed E-state index contributed by atoms with van der Waals surface area (Å²) in [6.07, 6.45) is 1.55. The smallest absolute Gasteiger partial charge is 0.416 e. The molecule has 0 saturated carbocycles. The summed E-state index contributed by atoms with van der Waals surface area (Å²) in [5, 5.41) is 13.7. The lowest BCUT2D eigenvalue weighted by molar-refractivity contribution is -0.138. The van der Waals surface area contributed by atoms with E-state index in [4.69, 9.17) is 5.11 Å². The van der Waals surface area contributed by atoms with Crippen molar-refractivity contribution in [3.8, 4) is 0 Å². The Labute approximate surface area is 240 Å². The minimum absolute atomic E-state index is 0.0266. The van der Waals surface area contributed by atoms with Gasteiger partial charge in [-0.1, -0.05) is 42.5 Å². The van der Waals surface area contributed by atoms with Gasteiger partial charge in [0, 0.05) is 17.8 Å². The van der Waals surface area contributed by atoms with Crippen LogP contribution in [-0.2, 0) is 22.2 Å². The predicted molar refractivity (Wildman–Crippen MR) is 150 cm³/mol. The van der Waals surface area contributed by atoms with E-state index in [0.29, 0.717) is 28.8 Å². The number of carboxylic acid groups (broad SMARTS) is 1. The van der Waals surface area contributed by atoms with Gasteiger partial charge in [0.25, 0.3) is 5.91 Å². The van der Waals surface area contributed by atoms with Crippen molar-refractivity contribution in [2.75, 3.05) is 11.9 Å². The van der Waals surface area contributed by atoms with E-state index >= 15 is 0 Å². The molecule has 0 aliphatic heterocycles. The maximum Gasteiger partial charge on any atom is 0.416 e. The molecule has 0 spiro atoms. The fourth-order valence-corrected chi connectivity index (χ4v) is 4.86. The van der Waals surface area contributed by atoms with Crippen molar-refractivity contribution in [2.45, 2.75) is 50.6 Å². The van der Waals surface area contributed by atoms with Crippen LogP contribution in [0.25, 0.3) is 5.57 Å². The molecule has 4 rings (SSSR count). The Kier molecular flexibility index (Phi) is 9.77. The summed E-state index contributed by atoms with van der Waals surface area (Å²) >= 11 is 0. The van der Waals surface area contributed by atoms with E-state index in [0.717, 1.165) is 37.3 Å². The number of hydrogen-bond acceptors (Lipinski definition) is 3. The lowest BCUT2D eigenvalue weighted by Gasteiger charge is -2.20. The number of aliphatic carboxylic acids is 1. The van der Waals surface area contributed by atoms with Gasteiger partial charge in [-0.3, -0.25) is 14.4 Å². The number of alkyl halides is 3. The van der Waals surface area contributed by atoms with Crippen LogP contribution in [0, 0.1) is 5.82 Å². The predicted octanol–water partition coefficient (Wildman–Crippen LogP) is 6.97. The number of allylic oxidation sites excluding steroid dienone is 2. The Morgan fingerprint density at radius 3 is 2.26 bits per heavy atom. The third kappa shape index (κ3) is 8.28. The quantitative estimate of drug-likeness (QED) is 0.225. The highest BCUT2D eigenvalue weighted by molar-refractivity contribution is 5.96. The van der Waals surface area contributed by atoms with E-state index in [2.05, 4.69) is 16.7 Å². The zero-order valence-corrected chi connectivity index (χ0v) is 22.6. The van der Waals surface area contributed by atoms with Crippen molar-refractivity contribution in [1.82, 2.24) is 5.32 Å². The van der Waals surface area contributed by atoms with Gasteiger partial charge < -0.3 is 15.7 Å². The summed E-state index contributed by atoms with van der Waals surface area (Å²) in [5.41, 5.74) is 2.34. The molecule has 3 aromatic rings. The van der Waals surface area contributed by atoms with E-state index in [-0.39, 0.29) is 25.1 Å². The molecule has 220 valence electrons. The molecule has 0 fully saturated rings. The van der Waals surface area contributed by atoms with Crippen LogP contribution in [0.3, 0.4) is 0 Å². The first-order chi connectivity index (χ1) is 20.0. The first-order valence-electron chi connectivity index (χ1n) is 13.6. The number of hydrogen-bond donors (Lipinski definition) is 3. The standard InChI is InChI=1S/C32H30F4N2O4/c33-26-17-25(32(34,35)36)18-27(19-26)38-31(42)28(23-12-10-22(11-13-23)21-4-2-1-3-5-21)16-20-6-8-24(9-7-20)30(41)37-15-14-29(39)40/h4,6-13,17-19,28H,1-3,5,14-16H2,(H,37,41)(H,38,42)(H,39,40). The number of carbonyl (C=O) groups is 3. The molecule has 10 heteroatoms. The van der Waals surface area contributed by atoms with Crippen molar-refractivity contribution in [1.29, 1.82) is 0 Å². The van der Waals surface area contributed by atoms with Crippen LogP contribution in [0.1, 0.15) is 70.6 Å². The fraction of sp³-hybridized carbons (Fsp3) is 0.281. The molecular weight excluding hydrogens is 552 g/mol. The summed E-state index contributed by atoms with van der Waals surface area (Å²) in [5.74, 6) is -4.07. The second-order valence-electron chi connectivity index (χ2n) is 10.2. The second kappa shape index (κ2) is 13.5. The van der Waals surface area contributed by atoms with Gasteiger partial charge in [-0.2, -0.15) is 13.2 Å². The largest absolute Gasteiger partial charge is 0.481 e. The van der Waals surface area contributed by atoms with Crippen LogP contribution in [-0.4, -0.2) is 29.4 Å². The molecule has 0 heterocycles. The summed E-state index contributed by atoms with van der Waals surface area (Å²) in [7, 11) is 0. The third-order valence-electron chi connectivity index (χ3n) is 7.06. The Morgan fingerprint density at radius 2 is 1.64 bits per heavy atom. The molecule has 0 aromatic heterocycles. The highest BCUT2D eigenvalue weighted by atomic mass is 19.4. The van der Waals surface area contributed by atoms with E-state index < -0.39 is 41.3 Å². The fourth-order valence-electron chi connectivity index (χ4n) is 4.86. The van der Waals surface area contributed by atoms with Gasteiger partial charge in [-0.05, 0) is 84.7 Å². The molecule has 42 heavy (non-hydrogen) atoms. The first-order valence-corrected chi connectivity index (χ1v) is 13.6. The van der Waals surface area contributed by atoms with E-state index in [9.17, 15) is 31.9 Å². The minimum atomic E-state index is -4.79. The van der Waals surface area contributed by atoms with Crippen molar-refractivity contribution >= 4 is 29.0 Å². The molecule has 0 bridgehead atoms. The summed E-state index contributed by atoms with van der Waals surface area (Å²) in [6.45, 7) is -0.0266. The summed E-state index contributed by atoms with van der Waals surface area (Å²) in [6, 6.07) is 15.7. The average molecular weight is 583 g/mol. The number of rotatable bonds is 10. The topological polar surface area (TPSA) is 95.5 Å². The van der Waals surface area contributed by atoms with Crippen LogP contribution < -0.4 is 10.6 Å². The lowest BCUT2D eigenvalue weighted by Crippen LogP contribution is -2.26. The Balaban J connectivity index is 1.57. The van der Waals surface area contributed by atoms with Crippen molar-refractivity contribution in [3.63, 3.8) is 0 Å². The van der Waals surface area contributed by atoms with Gasteiger partial charge in [-0.25, -0.2) is 4.39 Å². The number of carboxylic acids is 1. The van der Waals surface area contributed by atoms with Gasteiger partial charge in [0.2, 0.25) is 5.91 Å². The zero-order chi connectivity index (χ0) is 30.3. The van der Waals surface area contributed by atoms with Gasteiger partial charge in [-0.15, -0.1) is 0 Å². The zero-order valence-electron chi connectivity index (χ0n) is 22.6. The van der Waals surface area contributed by atoms with Gasteiger partial charge in [0.05, 0.1) is 17.9 Å². The summed E-state index contributed by atoms with van der Waals surface area (Å²) in [4.78, 5) is 36.5. The highest BCUT2D eigenvalue weighted by Gasteiger charge is 2.32. The molecule has 0 saturated heterocycles. The number of carbonyl (C=O) groups excluding carboxylic acids is 2. The SMILES string of the molecule is O=C(O)CCNC(=O)c1ccc(CC(C(=O)Nc2cc(F)cc(C(F)(F)F)c2)c2ccc(C3=CCCCC3)cc2)cc1. The van der Waals surface area contributed by atoms with Crippen molar-refractivity contribution in [3.05, 3.63) is 106 Å². The number of nitrogens with one attached hydrogen (secondary N) is 2. The van der Waals surface area contributed by atoms with E-state index in [1.165, 1.54) is 5.57 Å². The Morgan fingerprint density at radius 1 is 0.929 bits per heavy atom. The maximum atomic E-state index is 14.0. The van der Waals surface area contributed by atoms with Gasteiger partial charge in [0.1, 0.15) is 5.82 Å². The molecule has 0 radical (unpaired) electrons. The van der Waals surface area contributed by atoms with Crippen LogP contribution in [0.5, 0.6) is 0 Å². The van der Waals surface area contributed by atoms with Gasteiger partial charge >= 0.3 is 12.1 Å². The van der Waals surface area contributed by atoms with Crippen LogP contribution in [0.4, 0.5) is 23.2 Å². The normalized spacial score (nSPS) is 14.0. The first kappa shape index (κ1) is 30.5. The number of halogens is 4. The monoisotopic (exact) mass is 582 g/mol. The molecule has 3 N–H and O–H groups in total. The second-order valence-corrected chi connectivity index (χ2v) is 10.2. The average Bonchev–Trinajstić information content (AvgIpc) is 2.96. The van der Waals surface area contributed by atoms with Crippen molar-refractivity contribution < 1.29 is 37.1 Å². The Hall–Kier alpha value is -4.47. The molecule has 2 amide bonds. The van der Waals surface area contributed by atoms with E-state index in [1.807, 2.05) is 24.3 Å². The molecular formula is C32H30F4N2O4. The highest BCUT2D eigenvalue weighted by Crippen LogP contribution is 2.33. The molecule has 1 atom stereocenters. The van der Waals surface area contributed by atoms with Crippen LogP contribution >= 0.6 is 0 Å². The number of anilines is 1. The maximum absolute atomic E-state index is 14.0. The molecule has 3 aromatic carbocycles. The molecule has 1 aliphatic carbocycles. The number of amides is 2. The molecule has 6 nitrogen and oxygen atoms in total. The minimum Gasteiger partial charge on any atom is -0.481 e. The van der Waals surface area contributed by atoms with Crippen LogP contribution in [0.15, 0.2) is 72.8 Å². The third-order valence-corrected chi connectivity index (χ3v) is 7.06. The van der Waals surface area contributed by atoms with Gasteiger partial charge in [0.15, 0.2) is 0 Å². The molecule has 1 aliphatic rings. The molecule has 1 unspecified atom stereocenters.